The van der Waals surface area contributed by atoms with Gasteiger partial charge in [0.25, 0.3) is 6.71 Å². The molecule has 7 heteroatoms. The standard InChI is InChI=1S/C73H59BN2O4/c1-43(2)48-37-61-69-62(38-48)76(60-36-47(28-32-52(60)45-21-13-10-14-22-45)58-42-78-64-26-18-16-24-54(58)64)71-68(56-40-50(73(6,7)8)30-34-66(56)80-71)74(69)67-55-39-49(72(3,4)5)29-33-65(55)79-70(67)75(61)59-35-46(27-31-51(59)44-19-11-9-12-20-44)57-41-77-63-25-17-15-23-53(57)63/h9-43H,1-8H3. The molecule has 0 amide bonds. The van der Waals surface area contributed by atoms with Crippen molar-refractivity contribution in [2.75, 3.05) is 9.80 Å². The van der Waals surface area contributed by atoms with E-state index in [9.17, 15) is 0 Å². The molecule has 0 radical (unpaired) electrons. The molecule has 0 saturated heterocycles. The van der Waals surface area contributed by atoms with E-state index < -0.39 is 0 Å². The number of fused-ring (bicyclic) bond motifs is 10. The molecule has 388 valence electrons. The van der Waals surface area contributed by atoms with Crippen LogP contribution in [0, 0.1) is 0 Å². The van der Waals surface area contributed by atoms with Crippen LogP contribution in [0.1, 0.15) is 78.0 Å². The number of nitrogens with zero attached hydrogens (tertiary/aromatic N) is 2. The molecule has 0 spiro atoms. The summed E-state index contributed by atoms with van der Waals surface area (Å²) in [5, 5.41) is 4.30. The number of benzene rings is 9. The number of anilines is 6. The van der Waals surface area contributed by atoms with Crippen molar-refractivity contribution in [3.05, 3.63) is 223 Å². The SMILES string of the molecule is CC(C)c1cc2c3c(c1)N(c1cc(-c4coc5ccccc45)ccc1-c1ccccc1)c1oc4ccc(C(C)(C)C)cc4c1B3c1c(oc3ccc(C(C)(C)C)cc13)N2c1cc(-c2coc3ccccc23)ccc1-c1ccccc1. The zero-order chi connectivity index (χ0) is 54.3. The van der Waals surface area contributed by atoms with Crippen LogP contribution in [0.3, 0.4) is 0 Å². The Kier molecular flexibility index (Phi) is 10.6. The molecule has 15 rings (SSSR count). The second-order valence-electron chi connectivity index (χ2n) is 24.3. The first-order valence-electron chi connectivity index (χ1n) is 28.0. The van der Waals surface area contributed by atoms with Crippen LogP contribution in [0.15, 0.2) is 224 Å². The average Bonchev–Trinajstić information content (AvgIpc) is 4.42. The van der Waals surface area contributed by atoms with Crippen molar-refractivity contribution in [2.24, 2.45) is 0 Å². The minimum atomic E-state index is -0.311. The van der Waals surface area contributed by atoms with Gasteiger partial charge in [-0.25, -0.2) is 0 Å². The van der Waals surface area contributed by atoms with Gasteiger partial charge in [0.15, 0.2) is 0 Å². The second-order valence-corrected chi connectivity index (χ2v) is 24.3. The van der Waals surface area contributed by atoms with Crippen LogP contribution in [0.25, 0.3) is 88.4 Å². The average molecular weight is 1040 g/mol. The Morgan fingerprint density at radius 3 is 1.21 bits per heavy atom. The van der Waals surface area contributed by atoms with Gasteiger partial charge in [-0.05, 0) is 122 Å². The highest BCUT2D eigenvalue weighted by Crippen LogP contribution is 2.53. The second kappa shape index (κ2) is 17.7. The molecule has 0 saturated carbocycles. The summed E-state index contributed by atoms with van der Waals surface area (Å²) in [6, 6.07) is 70.5. The van der Waals surface area contributed by atoms with Crippen molar-refractivity contribution in [3.63, 3.8) is 0 Å². The summed E-state index contributed by atoms with van der Waals surface area (Å²) in [4.78, 5) is 4.92. The Balaban J connectivity index is 1.11. The van der Waals surface area contributed by atoms with E-state index >= 15 is 0 Å². The maximum absolute atomic E-state index is 7.59. The summed E-state index contributed by atoms with van der Waals surface area (Å²) in [6.07, 6.45) is 3.81. The van der Waals surface area contributed by atoms with E-state index in [0.717, 1.165) is 134 Å². The van der Waals surface area contributed by atoms with Crippen LogP contribution in [0.5, 0.6) is 0 Å². The van der Waals surface area contributed by atoms with E-state index in [1.807, 2.05) is 36.8 Å². The Morgan fingerprint density at radius 2 is 0.787 bits per heavy atom. The first-order valence-corrected chi connectivity index (χ1v) is 28.0. The molecule has 0 unspecified atom stereocenters. The lowest BCUT2D eigenvalue weighted by Gasteiger charge is -2.42. The lowest BCUT2D eigenvalue weighted by atomic mass is 9.33. The first-order chi connectivity index (χ1) is 38.8. The fraction of sp³-hybridized carbons (Fsp3) is 0.151. The summed E-state index contributed by atoms with van der Waals surface area (Å²) < 4.78 is 27.7. The van der Waals surface area contributed by atoms with Crippen molar-refractivity contribution < 1.29 is 17.7 Å². The van der Waals surface area contributed by atoms with Gasteiger partial charge in [0, 0.05) is 66.1 Å². The highest BCUT2D eigenvalue weighted by Gasteiger charge is 2.50. The van der Waals surface area contributed by atoms with E-state index in [1.54, 1.807) is 0 Å². The normalized spacial score (nSPS) is 13.3. The fourth-order valence-corrected chi connectivity index (χ4v) is 12.7. The van der Waals surface area contributed by atoms with Crippen LogP contribution < -0.4 is 26.2 Å². The molecule has 80 heavy (non-hydrogen) atoms. The zero-order valence-corrected chi connectivity index (χ0v) is 46.3. The smallest absolute Gasteiger partial charge is 0.262 e. The topological polar surface area (TPSA) is 59.0 Å². The molecule has 0 N–H and O–H groups in total. The molecule has 9 aromatic carbocycles. The number of furan rings is 4. The lowest BCUT2D eigenvalue weighted by Crippen LogP contribution is -2.61. The summed E-state index contributed by atoms with van der Waals surface area (Å²) in [6.45, 7) is 18.1. The largest absolute Gasteiger partial charge is 0.464 e. The first kappa shape index (κ1) is 48.0. The van der Waals surface area contributed by atoms with Gasteiger partial charge in [0.2, 0.25) is 11.8 Å². The molecule has 0 bridgehead atoms. The van der Waals surface area contributed by atoms with Gasteiger partial charge in [0.1, 0.15) is 22.3 Å². The fourth-order valence-electron chi connectivity index (χ4n) is 12.7. The zero-order valence-electron chi connectivity index (χ0n) is 46.3. The lowest BCUT2D eigenvalue weighted by molar-refractivity contribution is 0.589. The maximum atomic E-state index is 7.59. The van der Waals surface area contributed by atoms with Crippen LogP contribution in [-0.2, 0) is 10.8 Å². The van der Waals surface area contributed by atoms with E-state index in [1.165, 1.54) is 22.2 Å². The molecule has 4 aromatic heterocycles. The minimum Gasteiger partial charge on any atom is -0.464 e. The molecule has 0 aliphatic carbocycles. The van der Waals surface area contributed by atoms with Crippen molar-refractivity contribution >= 4 is 101 Å². The van der Waals surface area contributed by atoms with Crippen molar-refractivity contribution in [3.8, 4) is 44.5 Å². The highest BCUT2D eigenvalue weighted by atomic mass is 16.4. The summed E-state index contributed by atoms with van der Waals surface area (Å²) in [5.41, 5.74) is 22.8. The van der Waals surface area contributed by atoms with Gasteiger partial charge in [-0.1, -0.05) is 189 Å². The maximum Gasteiger partial charge on any atom is 0.262 e. The number of hydrogen-bond acceptors (Lipinski definition) is 6. The molecule has 0 atom stereocenters. The molecular weight excluding hydrogens is 980 g/mol. The molecule has 13 aromatic rings. The Morgan fingerprint density at radius 1 is 0.362 bits per heavy atom. The van der Waals surface area contributed by atoms with E-state index in [0.29, 0.717) is 0 Å². The summed E-state index contributed by atoms with van der Waals surface area (Å²) in [7, 11) is 0. The predicted octanol–water partition coefficient (Wildman–Crippen LogP) is 19.1. The molecular formula is C73H59BN2O4. The van der Waals surface area contributed by atoms with Crippen LogP contribution >= 0.6 is 0 Å². The van der Waals surface area contributed by atoms with E-state index in [4.69, 9.17) is 17.7 Å². The third-order valence-electron chi connectivity index (χ3n) is 17.0. The Hall–Kier alpha value is -9.20. The Labute approximate surface area is 466 Å². The van der Waals surface area contributed by atoms with Crippen molar-refractivity contribution in [2.45, 2.75) is 72.1 Å². The predicted molar refractivity (Wildman–Crippen MR) is 333 cm³/mol. The van der Waals surface area contributed by atoms with E-state index in [2.05, 4.69) is 235 Å². The quantitative estimate of drug-likeness (QED) is 0.148. The minimum absolute atomic E-state index is 0.137. The van der Waals surface area contributed by atoms with Crippen LogP contribution in [0.4, 0.5) is 34.5 Å². The molecule has 2 aliphatic heterocycles. The van der Waals surface area contributed by atoms with E-state index in [-0.39, 0.29) is 23.5 Å². The van der Waals surface area contributed by atoms with Gasteiger partial charge < -0.3 is 17.7 Å². The third kappa shape index (κ3) is 7.40. The summed E-state index contributed by atoms with van der Waals surface area (Å²) in [5.74, 6) is 1.73. The van der Waals surface area contributed by atoms with Gasteiger partial charge in [-0.15, -0.1) is 0 Å². The van der Waals surface area contributed by atoms with Crippen LogP contribution in [-0.4, -0.2) is 6.71 Å². The van der Waals surface area contributed by atoms with Gasteiger partial charge in [-0.3, -0.25) is 9.80 Å². The number of hydrogen-bond donors (Lipinski definition) is 0. The third-order valence-corrected chi connectivity index (χ3v) is 17.0. The monoisotopic (exact) mass is 1040 g/mol. The Bertz CT molecular complexity index is 4330. The van der Waals surface area contributed by atoms with Crippen molar-refractivity contribution in [1.29, 1.82) is 0 Å². The molecule has 2 aliphatic rings. The van der Waals surface area contributed by atoms with Crippen molar-refractivity contribution in [1.82, 2.24) is 0 Å². The van der Waals surface area contributed by atoms with Gasteiger partial charge >= 0.3 is 0 Å². The molecule has 6 nitrogen and oxygen atoms in total. The summed E-state index contributed by atoms with van der Waals surface area (Å²) >= 11 is 0. The van der Waals surface area contributed by atoms with Gasteiger partial charge in [0.05, 0.1) is 23.9 Å². The highest BCUT2D eigenvalue weighted by molar-refractivity contribution is 7.02. The number of para-hydroxylation sites is 2. The molecule has 0 fully saturated rings. The van der Waals surface area contributed by atoms with Gasteiger partial charge in [-0.2, -0.15) is 0 Å². The number of rotatable bonds is 7. The molecule has 6 heterocycles. The van der Waals surface area contributed by atoms with Crippen LogP contribution in [0.2, 0.25) is 0 Å².